The van der Waals surface area contributed by atoms with Gasteiger partial charge in [0.2, 0.25) is 0 Å². The molecule has 1 heterocycles. The first-order chi connectivity index (χ1) is 16.2. The van der Waals surface area contributed by atoms with Crippen molar-refractivity contribution in [1.82, 2.24) is 0 Å². The number of aldehydes is 1. The minimum Gasteiger partial charge on any atom is -0.478 e. The third-order valence-electron chi connectivity index (χ3n) is 5.78. The van der Waals surface area contributed by atoms with Crippen LogP contribution in [0, 0.1) is 5.92 Å². The second kappa shape index (κ2) is 14.4. The second-order valence-electron chi connectivity index (χ2n) is 9.15. The highest BCUT2D eigenvalue weighted by Crippen LogP contribution is 2.27. The largest absolute Gasteiger partial charge is 0.478 e. The lowest BCUT2D eigenvalue weighted by Crippen LogP contribution is -2.38. The van der Waals surface area contributed by atoms with E-state index in [4.69, 9.17) is 9.84 Å². The molecule has 2 aromatic carbocycles. The predicted molar refractivity (Wildman–Crippen MR) is 141 cm³/mol. The summed E-state index contributed by atoms with van der Waals surface area (Å²) in [6.45, 7) is 15.3. The van der Waals surface area contributed by atoms with Gasteiger partial charge >= 0.3 is 5.97 Å². The van der Waals surface area contributed by atoms with Crippen molar-refractivity contribution in [2.45, 2.75) is 79.2 Å². The van der Waals surface area contributed by atoms with Crippen molar-refractivity contribution in [3.05, 3.63) is 59.7 Å². The lowest BCUT2D eigenvalue weighted by atomic mass is 9.99. The zero-order chi connectivity index (χ0) is 25.7. The molecule has 0 radical (unpaired) electrons. The third kappa shape index (κ3) is 9.20. The van der Waals surface area contributed by atoms with E-state index in [0.717, 1.165) is 37.8 Å². The molecule has 0 aliphatic carbocycles. The number of anilines is 1. The minimum absolute atomic E-state index is 0.0683. The van der Waals surface area contributed by atoms with E-state index in [9.17, 15) is 9.59 Å². The van der Waals surface area contributed by atoms with Crippen LogP contribution in [-0.2, 0) is 16.0 Å². The third-order valence-corrected chi connectivity index (χ3v) is 5.78. The summed E-state index contributed by atoms with van der Waals surface area (Å²) in [5.74, 6) is 0.236. The monoisotopic (exact) mass is 469 g/mol. The molecule has 1 fully saturated rings. The highest BCUT2D eigenvalue weighted by molar-refractivity contribution is 5.76. The van der Waals surface area contributed by atoms with Crippen LogP contribution in [-0.4, -0.2) is 36.1 Å². The standard InChI is InChI=1S/C16H21NO4.C11H16.C2H6/c1-16(2,15(19)20)21-14-7-3-6-13(9-14)17-8-4-5-12(10-17)11-18;1-4-10-5-7-11(8-6-10)9(2)3;1-2/h3,6-7,9,11-12H,4-5,8,10H2,1-2H3,(H,19,20);5-9H,4H2,1-3H3;1-2H3. The van der Waals surface area contributed by atoms with E-state index in [1.54, 1.807) is 6.07 Å². The summed E-state index contributed by atoms with van der Waals surface area (Å²) in [7, 11) is 0. The molecule has 0 amide bonds. The van der Waals surface area contributed by atoms with E-state index in [-0.39, 0.29) is 5.92 Å². The van der Waals surface area contributed by atoms with Gasteiger partial charge in [-0.1, -0.05) is 65.0 Å². The van der Waals surface area contributed by atoms with Gasteiger partial charge in [-0.05, 0) is 62.3 Å². The van der Waals surface area contributed by atoms with Gasteiger partial charge in [0.15, 0.2) is 5.60 Å². The Balaban J connectivity index is 0.000000374. The molecule has 0 aromatic heterocycles. The maximum Gasteiger partial charge on any atom is 0.347 e. The van der Waals surface area contributed by atoms with Crippen molar-refractivity contribution in [2.24, 2.45) is 5.92 Å². The molecule has 1 N–H and O–H groups in total. The molecule has 0 spiro atoms. The molecule has 1 aliphatic rings. The van der Waals surface area contributed by atoms with Gasteiger partial charge in [0, 0.05) is 30.8 Å². The summed E-state index contributed by atoms with van der Waals surface area (Å²) in [5, 5.41) is 9.11. The lowest BCUT2D eigenvalue weighted by molar-refractivity contribution is -0.152. The highest BCUT2D eigenvalue weighted by Gasteiger charge is 2.29. The Labute approximate surface area is 206 Å². The average molecular weight is 470 g/mol. The summed E-state index contributed by atoms with van der Waals surface area (Å²) in [5.41, 5.74) is 2.54. The van der Waals surface area contributed by atoms with Crippen LogP contribution in [0.5, 0.6) is 5.75 Å². The van der Waals surface area contributed by atoms with Gasteiger partial charge in [-0.25, -0.2) is 4.79 Å². The Morgan fingerprint density at radius 3 is 2.35 bits per heavy atom. The normalized spacial score (nSPS) is 15.4. The fourth-order valence-electron chi connectivity index (χ4n) is 3.58. The number of piperidine rings is 1. The summed E-state index contributed by atoms with van der Waals surface area (Å²) in [4.78, 5) is 24.2. The maximum absolute atomic E-state index is 11.1. The molecule has 5 heteroatoms. The second-order valence-corrected chi connectivity index (χ2v) is 9.15. The summed E-state index contributed by atoms with van der Waals surface area (Å²) in [6, 6.07) is 16.3. The number of aliphatic carboxylic acids is 1. The summed E-state index contributed by atoms with van der Waals surface area (Å²) < 4.78 is 5.55. The van der Waals surface area contributed by atoms with E-state index in [0.29, 0.717) is 18.2 Å². The van der Waals surface area contributed by atoms with Crippen molar-refractivity contribution in [3.8, 4) is 5.75 Å². The molecule has 0 saturated carbocycles. The van der Waals surface area contributed by atoms with Crippen LogP contribution >= 0.6 is 0 Å². The number of nitrogens with zero attached hydrogens (tertiary/aromatic N) is 1. The molecule has 188 valence electrons. The van der Waals surface area contributed by atoms with Gasteiger partial charge in [-0.3, -0.25) is 0 Å². The first kappa shape index (κ1) is 29.2. The number of aryl methyl sites for hydroxylation is 1. The number of hydrogen-bond donors (Lipinski definition) is 1. The highest BCUT2D eigenvalue weighted by atomic mass is 16.5. The Morgan fingerprint density at radius 2 is 1.82 bits per heavy atom. The molecular formula is C29H43NO4. The predicted octanol–water partition coefficient (Wildman–Crippen LogP) is 6.74. The van der Waals surface area contributed by atoms with Crippen LogP contribution in [0.25, 0.3) is 0 Å². The SMILES string of the molecule is CC.CC(C)(Oc1cccc(N2CCCC(C=O)C2)c1)C(=O)O.CCc1ccc(C(C)C)cc1. The first-order valence-corrected chi connectivity index (χ1v) is 12.5. The molecule has 2 aromatic rings. The minimum atomic E-state index is -1.27. The van der Waals surface area contributed by atoms with E-state index in [1.165, 1.54) is 25.0 Å². The number of carboxylic acids is 1. The number of rotatable bonds is 7. The number of carboxylic acid groups (broad SMARTS) is 1. The molecule has 34 heavy (non-hydrogen) atoms. The molecule has 3 rings (SSSR count). The number of hydrogen-bond acceptors (Lipinski definition) is 4. The van der Waals surface area contributed by atoms with Crippen molar-refractivity contribution < 1.29 is 19.4 Å². The van der Waals surface area contributed by atoms with Crippen LogP contribution < -0.4 is 9.64 Å². The molecule has 0 bridgehead atoms. The topological polar surface area (TPSA) is 66.8 Å². The smallest absolute Gasteiger partial charge is 0.347 e. The van der Waals surface area contributed by atoms with Crippen molar-refractivity contribution in [1.29, 1.82) is 0 Å². The van der Waals surface area contributed by atoms with Crippen molar-refractivity contribution in [2.75, 3.05) is 18.0 Å². The van der Waals surface area contributed by atoms with Gasteiger partial charge in [0.05, 0.1) is 0 Å². The van der Waals surface area contributed by atoms with E-state index in [2.05, 4.69) is 49.9 Å². The fourth-order valence-corrected chi connectivity index (χ4v) is 3.58. The number of benzene rings is 2. The molecule has 1 unspecified atom stereocenters. The number of carbonyl (C=O) groups excluding carboxylic acids is 1. The van der Waals surface area contributed by atoms with E-state index < -0.39 is 11.6 Å². The van der Waals surface area contributed by atoms with Crippen molar-refractivity contribution in [3.63, 3.8) is 0 Å². The van der Waals surface area contributed by atoms with Crippen LogP contribution in [0.3, 0.4) is 0 Å². The van der Waals surface area contributed by atoms with Gasteiger partial charge in [-0.2, -0.15) is 0 Å². The molecule has 1 atom stereocenters. The van der Waals surface area contributed by atoms with Crippen molar-refractivity contribution >= 4 is 17.9 Å². The summed E-state index contributed by atoms with van der Waals surface area (Å²) >= 11 is 0. The zero-order valence-corrected chi connectivity index (χ0v) is 22.0. The van der Waals surface area contributed by atoms with Crippen LogP contribution in [0.4, 0.5) is 5.69 Å². The first-order valence-electron chi connectivity index (χ1n) is 12.5. The average Bonchev–Trinajstić information content (AvgIpc) is 2.85. The van der Waals surface area contributed by atoms with Crippen LogP contribution in [0.2, 0.25) is 0 Å². The van der Waals surface area contributed by atoms with Gasteiger partial charge in [0.1, 0.15) is 12.0 Å². The summed E-state index contributed by atoms with van der Waals surface area (Å²) in [6.07, 6.45) is 4.07. The Bertz CT molecular complexity index is 874. The van der Waals surface area contributed by atoms with Crippen LogP contribution in [0.1, 0.15) is 78.4 Å². The molecule has 1 aliphatic heterocycles. The van der Waals surface area contributed by atoms with Gasteiger partial charge in [-0.15, -0.1) is 0 Å². The Hall–Kier alpha value is -2.82. The van der Waals surface area contributed by atoms with E-state index >= 15 is 0 Å². The fraction of sp³-hybridized carbons (Fsp3) is 0.517. The number of carbonyl (C=O) groups is 2. The molecule has 1 saturated heterocycles. The van der Waals surface area contributed by atoms with E-state index in [1.807, 2.05) is 32.0 Å². The maximum atomic E-state index is 11.1. The zero-order valence-electron chi connectivity index (χ0n) is 22.0. The Kier molecular flexibility index (Phi) is 12.4. The van der Waals surface area contributed by atoms with Crippen LogP contribution in [0.15, 0.2) is 48.5 Å². The quantitative estimate of drug-likeness (QED) is 0.455. The Morgan fingerprint density at radius 1 is 1.18 bits per heavy atom. The molecule has 5 nitrogen and oxygen atoms in total. The molecular weight excluding hydrogens is 426 g/mol. The van der Waals surface area contributed by atoms with Gasteiger partial charge < -0.3 is 19.5 Å². The number of ether oxygens (including phenoxy) is 1. The van der Waals surface area contributed by atoms with Gasteiger partial charge in [0.25, 0.3) is 0 Å². The lowest BCUT2D eigenvalue weighted by Gasteiger charge is -2.32.